The van der Waals surface area contributed by atoms with E-state index < -0.39 is 12.2 Å². The van der Waals surface area contributed by atoms with Gasteiger partial charge in [0.25, 0.3) is 0 Å². The maximum Gasteiger partial charge on any atom is 0.410 e. The first-order valence-electron chi connectivity index (χ1n) is 13.9. The van der Waals surface area contributed by atoms with Crippen LogP contribution in [0.25, 0.3) is 22.2 Å². The topological polar surface area (TPSA) is 72.7 Å². The summed E-state index contributed by atoms with van der Waals surface area (Å²) in [5.41, 5.74) is 4.00. The number of hydrogen-bond acceptors (Lipinski definition) is 6. The quantitative estimate of drug-likeness (QED) is 0.285. The number of aromatic nitrogens is 3. The molecule has 4 heterocycles. The first-order chi connectivity index (χ1) is 19.7. The van der Waals surface area contributed by atoms with Crippen LogP contribution in [0.15, 0.2) is 60.8 Å². The van der Waals surface area contributed by atoms with Gasteiger partial charge in [-0.15, -0.1) is 0 Å². The summed E-state index contributed by atoms with van der Waals surface area (Å²) in [4.78, 5) is 25.8. The van der Waals surface area contributed by atoms with Crippen molar-refractivity contribution in [3.63, 3.8) is 0 Å². The van der Waals surface area contributed by atoms with Gasteiger partial charge in [0.05, 0.1) is 17.1 Å². The van der Waals surface area contributed by atoms with Crippen molar-refractivity contribution in [2.45, 2.75) is 51.9 Å². The molecule has 0 bridgehead atoms. The van der Waals surface area contributed by atoms with Gasteiger partial charge in [0.15, 0.2) is 0 Å². The summed E-state index contributed by atoms with van der Waals surface area (Å²) in [6.45, 7) is 5.24. The second-order valence-corrected chi connectivity index (χ2v) is 11.4. The minimum absolute atomic E-state index is 0.139. The molecule has 8 nitrogen and oxygen atoms in total. The van der Waals surface area contributed by atoms with Crippen LogP contribution in [0.3, 0.4) is 0 Å². The van der Waals surface area contributed by atoms with Gasteiger partial charge >= 0.3 is 12.7 Å². The van der Waals surface area contributed by atoms with E-state index in [0.717, 1.165) is 52.2 Å². The van der Waals surface area contributed by atoms with Crippen LogP contribution in [0, 0.1) is 0 Å². The van der Waals surface area contributed by atoms with E-state index in [0.29, 0.717) is 26.2 Å². The van der Waals surface area contributed by atoms with Crippen LogP contribution in [-0.4, -0.2) is 63.9 Å². The number of hydrogen-bond donors (Lipinski definition) is 0. The van der Waals surface area contributed by atoms with Gasteiger partial charge in [0, 0.05) is 49.9 Å². The van der Waals surface area contributed by atoms with Gasteiger partial charge in [0.2, 0.25) is 0 Å². The molecule has 2 aromatic carbocycles. The number of carbonyl (C=O) groups excluding carboxylic acids is 1. The lowest BCUT2D eigenvalue weighted by molar-refractivity contribution is -0.0506. The maximum absolute atomic E-state index is 13.1. The first kappa shape index (κ1) is 27.0. The number of carbonyl (C=O) groups is 1. The molecule has 1 unspecified atom stereocenters. The van der Waals surface area contributed by atoms with Crippen molar-refractivity contribution in [3.8, 4) is 16.9 Å². The number of aryl methyl sites for hydroxylation is 1. The number of anilines is 1. The van der Waals surface area contributed by atoms with Crippen LogP contribution in [0.5, 0.6) is 5.75 Å². The Morgan fingerprint density at radius 3 is 2.46 bits per heavy atom. The summed E-state index contributed by atoms with van der Waals surface area (Å²) in [5.74, 6) is 2.00. The minimum Gasteiger partial charge on any atom is -0.444 e. The third-order valence-corrected chi connectivity index (χ3v) is 7.55. The molecule has 1 fully saturated rings. The lowest BCUT2D eigenvalue weighted by Crippen LogP contribution is -2.50. The summed E-state index contributed by atoms with van der Waals surface area (Å²) in [6.07, 6.45) is 3.11. The van der Waals surface area contributed by atoms with Gasteiger partial charge in [-0.3, -0.25) is 0 Å². The molecule has 1 saturated heterocycles. The van der Waals surface area contributed by atoms with E-state index in [2.05, 4.69) is 15.5 Å². The summed E-state index contributed by atoms with van der Waals surface area (Å²) in [7, 11) is 0. The Bertz CT molecular complexity index is 1560. The fraction of sp³-hybridized carbons (Fsp3) is 0.387. The molecule has 1 atom stereocenters. The number of imidazole rings is 1. The molecule has 0 radical (unpaired) electrons. The molecule has 0 aliphatic carbocycles. The van der Waals surface area contributed by atoms with Gasteiger partial charge < -0.3 is 23.8 Å². The van der Waals surface area contributed by atoms with E-state index in [9.17, 15) is 13.6 Å². The second-order valence-electron chi connectivity index (χ2n) is 11.4. The summed E-state index contributed by atoms with van der Waals surface area (Å²) in [6, 6.07) is 17.0. The monoisotopic (exact) mass is 561 g/mol. The molecular formula is C31H33F2N5O3. The van der Waals surface area contributed by atoms with Gasteiger partial charge in [-0.05, 0) is 63.1 Å². The van der Waals surface area contributed by atoms with Crippen LogP contribution >= 0.6 is 0 Å². The fourth-order valence-corrected chi connectivity index (χ4v) is 5.68. The number of nitrogens with zero attached hydrogens (tertiary/aromatic N) is 5. The number of rotatable bonds is 5. The Morgan fingerprint density at radius 1 is 1.00 bits per heavy atom. The van der Waals surface area contributed by atoms with Crippen LogP contribution in [0.4, 0.5) is 19.4 Å². The summed E-state index contributed by atoms with van der Waals surface area (Å²) in [5, 5.41) is 0. The van der Waals surface area contributed by atoms with Crippen molar-refractivity contribution < 1.29 is 23.0 Å². The van der Waals surface area contributed by atoms with Crippen LogP contribution in [0.1, 0.15) is 44.6 Å². The van der Waals surface area contributed by atoms with Crippen LogP contribution in [-0.2, 0) is 11.2 Å². The third-order valence-electron chi connectivity index (χ3n) is 7.55. The Hall–Kier alpha value is -4.21. The molecule has 1 amide bonds. The normalized spacial score (nSPS) is 17.3. The number of para-hydroxylation sites is 1. The molecular weight excluding hydrogens is 528 g/mol. The predicted molar refractivity (Wildman–Crippen MR) is 153 cm³/mol. The molecule has 2 aliphatic heterocycles. The van der Waals surface area contributed by atoms with Crippen LogP contribution in [0.2, 0.25) is 0 Å². The Balaban J connectivity index is 1.21. The Morgan fingerprint density at radius 2 is 1.76 bits per heavy atom. The highest BCUT2D eigenvalue weighted by Crippen LogP contribution is 2.40. The van der Waals surface area contributed by atoms with Crippen molar-refractivity contribution in [1.82, 2.24) is 19.4 Å². The predicted octanol–water partition coefficient (Wildman–Crippen LogP) is 6.29. The molecule has 2 aromatic heterocycles. The number of alkyl halides is 2. The smallest absolute Gasteiger partial charge is 0.410 e. The van der Waals surface area contributed by atoms with E-state index in [1.54, 1.807) is 17.0 Å². The van der Waals surface area contributed by atoms with Gasteiger partial charge in [-0.2, -0.15) is 8.78 Å². The highest BCUT2D eigenvalue weighted by molar-refractivity contribution is 5.83. The molecule has 0 saturated carbocycles. The molecule has 2 aliphatic rings. The van der Waals surface area contributed by atoms with E-state index in [-0.39, 0.29) is 17.9 Å². The van der Waals surface area contributed by atoms with Crippen LogP contribution < -0.4 is 9.64 Å². The molecule has 6 rings (SSSR count). The fourth-order valence-electron chi connectivity index (χ4n) is 5.68. The van der Waals surface area contributed by atoms with Crippen molar-refractivity contribution in [2.75, 3.05) is 31.1 Å². The van der Waals surface area contributed by atoms with Gasteiger partial charge in [-0.25, -0.2) is 14.8 Å². The van der Waals surface area contributed by atoms with Crippen molar-refractivity contribution >= 4 is 22.9 Å². The lowest BCUT2D eigenvalue weighted by Gasteiger charge is -2.36. The molecule has 0 spiro atoms. The van der Waals surface area contributed by atoms with Gasteiger partial charge in [-0.1, -0.05) is 24.3 Å². The standard InChI is InChI=1S/C31H33F2N5O3/c1-31(2,3)41-30(39)37-16-14-36(15-17-37)27-12-9-21(19-34-27)20-8-10-23-25(18-20)38-24(11-13-28(38)35-23)22-6-4-5-7-26(22)40-29(32)33/h4-10,12,18-19,24,29H,11,13-17H2,1-3H3. The van der Waals surface area contributed by atoms with E-state index in [1.807, 2.05) is 63.4 Å². The molecule has 0 N–H and O–H groups in total. The molecule has 214 valence electrons. The third kappa shape index (κ3) is 5.55. The number of piperazine rings is 1. The number of fused-ring (bicyclic) bond motifs is 3. The minimum atomic E-state index is -2.88. The number of halogens is 2. The maximum atomic E-state index is 13.1. The summed E-state index contributed by atoms with van der Waals surface area (Å²) >= 11 is 0. The lowest BCUT2D eigenvalue weighted by atomic mass is 10.0. The number of benzene rings is 2. The zero-order chi connectivity index (χ0) is 28.7. The van der Waals surface area contributed by atoms with E-state index >= 15 is 0 Å². The Kier molecular flexibility index (Phi) is 7.01. The SMILES string of the molecule is CC(C)(C)OC(=O)N1CCN(c2ccc(-c3ccc4nc5n(c4c3)C(c3ccccc3OC(F)F)CC5)cn2)CC1. The average Bonchev–Trinajstić information content (AvgIpc) is 3.52. The highest BCUT2D eigenvalue weighted by atomic mass is 19.3. The molecule has 10 heteroatoms. The zero-order valence-electron chi connectivity index (χ0n) is 23.4. The van der Waals surface area contributed by atoms with Crippen molar-refractivity contribution in [1.29, 1.82) is 0 Å². The average molecular weight is 562 g/mol. The second kappa shape index (κ2) is 10.6. The van der Waals surface area contributed by atoms with Gasteiger partial charge in [0.1, 0.15) is 23.0 Å². The van der Waals surface area contributed by atoms with Crippen molar-refractivity contribution in [2.24, 2.45) is 0 Å². The molecule has 41 heavy (non-hydrogen) atoms. The Labute approximate surface area is 237 Å². The number of pyridine rings is 1. The number of amides is 1. The van der Waals surface area contributed by atoms with Crippen molar-refractivity contribution in [3.05, 3.63) is 72.2 Å². The highest BCUT2D eigenvalue weighted by Gasteiger charge is 2.30. The first-order valence-corrected chi connectivity index (χ1v) is 13.9. The largest absolute Gasteiger partial charge is 0.444 e. The molecule has 4 aromatic rings. The summed E-state index contributed by atoms with van der Waals surface area (Å²) < 4.78 is 38.7. The van der Waals surface area contributed by atoms with E-state index in [4.69, 9.17) is 19.4 Å². The zero-order valence-corrected chi connectivity index (χ0v) is 23.4. The number of ether oxygens (including phenoxy) is 2. The van der Waals surface area contributed by atoms with E-state index in [1.165, 1.54) is 0 Å².